The van der Waals surface area contributed by atoms with Gasteiger partial charge in [-0.1, -0.05) is 12.1 Å². The van der Waals surface area contributed by atoms with Crippen LogP contribution in [0.3, 0.4) is 0 Å². The summed E-state index contributed by atoms with van der Waals surface area (Å²) in [4.78, 5) is 19.0. The number of hydrogen-bond acceptors (Lipinski definition) is 4. The van der Waals surface area contributed by atoms with E-state index in [0.717, 1.165) is 37.0 Å². The van der Waals surface area contributed by atoms with E-state index in [0.29, 0.717) is 11.8 Å². The molecule has 1 aliphatic carbocycles. The van der Waals surface area contributed by atoms with Crippen LogP contribution in [0.5, 0.6) is 0 Å². The molecule has 2 fully saturated rings. The Labute approximate surface area is 157 Å². The van der Waals surface area contributed by atoms with Crippen molar-refractivity contribution in [2.45, 2.75) is 31.5 Å². The van der Waals surface area contributed by atoms with Crippen molar-refractivity contribution in [2.75, 3.05) is 13.1 Å². The summed E-state index contributed by atoms with van der Waals surface area (Å²) in [7, 11) is 0. The van der Waals surface area contributed by atoms with Crippen LogP contribution in [0, 0.1) is 11.8 Å². The van der Waals surface area contributed by atoms with Crippen molar-refractivity contribution < 1.29 is 9.90 Å². The third-order valence-corrected chi connectivity index (χ3v) is 6.16. The largest absolute Gasteiger partial charge is 0.391 e. The van der Waals surface area contributed by atoms with Gasteiger partial charge in [-0.25, -0.2) is 4.98 Å². The van der Waals surface area contributed by atoms with E-state index in [-0.39, 0.29) is 18.5 Å². The molecule has 1 saturated carbocycles. The summed E-state index contributed by atoms with van der Waals surface area (Å²) >= 11 is 0. The second-order valence-electron chi connectivity index (χ2n) is 7.77. The first-order valence-corrected chi connectivity index (χ1v) is 9.54. The van der Waals surface area contributed by atoms with Gasteiger partial charge in [0.05, 0.1) is 29.5 Å². The van der Waals surface area contributed by atoms with Gasteiger partial charge in [-0.2, -0.15) is 5.10 Å². The van der Waals surface area contributed by atoms with Crippen molar-refractivity contribution >= 4 is 16.9 Å². The maximum atomic E-state index is 12.6. The minimum absolute atomic E-state index is 0.0137. The zero-order valence-corrected chi connectivity index (χ0v) is 15.1. The highest BCUT2D eigenvalue weighted by molar-refractivity contribution is 5.76. The van der Waals surface area contributed by atoms with Crippen LogP contribution >= 0.6 is 0 Å². The van der Waals surface area contributed by atoms with E-state index in [1.807, 2.05) is 41.7 Å². The van der Waals surface area contributed by atoms with E-state index in [1.54, 1.807) is 10.9 Å². The number of para-hydroxylation sites is 2. The van der Waals surface area contributed by atoms with Gasteiger partial charge in [0, 0.05) is 25.5 Å². The Morgan fingerprint density at radius 1 is 1.15 bits per heavy atom. The van der Waals surface area contributed by atoms with Crippen LogP contribution in [0.1, 0.15) is 18.9 Å². The number of carbonyl (C=O) groups is 1. The molecule has 3 aromatic rings. The lowest BCUT2D eigenvalue weighted by Crippen LogP contribution is -2.36. The quantitative estimate of drug-likeness (QED) is 0.767. The number of aliphatic hydroxyl groups is 1. The molecular weight excluding hydrogens is 342 g/mol. The van der Waals surface area contributed by atoms with Gasteiger partial charge in [0.15, 0.2) is 0 Å². The molecule has 1 saturated heterocycles. The molecule has 140 valence electrons. The smallest absolute Gasteiger partial charge is 0.244 e. The van der Waals surface area contributed by atoms with Gasteiger partial charge in [0.2, 0.25) is 5.91 Å². The number of nitrogens with zero attached hydrogens (tertiary/aromatic N) is 5. The number of aromatic nitrogens is 4. The lowest BCUT2D eigenvalue weighted by atomic mass is 9.77. The fraction of sp³-hybridized carbons (Fsp3) is 0.450. The minimum Gasteiger partial charge on any atom is -0.391 e. The highest BCUT2D eigenvalue weighted by atomic mass is 16.3. The summed E-state index contributed by atoms with van der Waals surface area (Å²) in [5, 5.41) is 14.9. The van der Waals surface area contributed by atoms with Gasteiger partial charge in [-0.3, -0.25) is 9.48 Å². The molecule has 7 heteroatoms. The first-order chi connectivity index (χ1) is 13.2. The molecule has 27 heavy (non-hydrogen) atoms. The Morgan fingerprint density at radius 3 is 2.78 bits per heavy atom. The molecule has 0 unspecified atom stereocenters. The maximum absolute atomic E-state index is 12.6. The van der Waals surface area contributed by atoms with Crippen molar-refractivity contribution in [1.82, 2.24) is 24.2 Å². The van der Waals surface area contributed by atoms with Crippen LogP contribution in [0.2, 0.25) is 0 Å². The standard InChI is InChI=1S/C20H23N5O2/c26-19-9-15-11-23(20(27)12-24-7-3-6-22-24)10-14(15)8-18(19)25-13-21-16-4-1-2-5-17(16)25/h1-7,13-15,18-19,26H,8-12H2/t14-,15+,18-,19-/m1/s1. The van der Waals surface area contributed by atoms with E-state index in [9.17, 15) is 9.90 Å². The van der Waals surface area contributed by atoms with Gasteiger partial charge in [-0.05, 0) is 42.9 Å². The van der Waals surface area contributed by atoms with Crippen LogP contribution in [-0.4, -0.2) is 54.4 Å². The van der Waals surface area contributed by atoms with Crippen LogP contribution in [0.25, 0.3) is 11.0 Å². The molecule has 0 radical (unpaired) electrons. The Kier molecular flexibility index (Phi) is 3.97. The molecule has 5 rings (SSSR count). The second-order valence-corrected chi connectivity index (χ2v) is 7.77. The number of carbonyl (C=O) groups excluding carboxylic acids is 1. The van der Waals surface area contributed by atoms with Gasteiger partial charge in [-0.15, -0.1) is 0 Å². The number of imidazole rings is 1. The van der Waals surface area contributed by atoms with E-state index in [1.165, 1.54) is 0 Å². The highest BCUT2D eigenvalue weighted by Crippen LogP contribution is 2.42. The molecule has 2 aliphatic rings. The number of aliphatic hydroxyl groups excluding tert-OH is 1. The first kappa shape index (κ1) is 16.5. The number of rotatable bonds is 3. The Bertz CT molecular complexity index is 950. The van der Waals surface area contributed by atoms with E-state index < -0.39 is 6.10 Å². The van der Waals surface area contributed by atoms with Crippen LogP contribution < -0.4 is 0 Å². The van der Waals surface area contributed by atoms with Crippen molar-refractivity contribution in [1.29, 1.82) is 0 Å². The molecule has 7 nitrogen and oxygen atoms in total. The summed E-state index contributed by atoms with van der Waals surface area (Å²) in [6.45, 7) is 1.78. The van der Waals surface area contributed by atoms with E-state index >= 15 is 0 Å². The Hall–Kier alpha value is -2.67. The zero-order chi connectivity index (χ0) is 18.4. The molecule has 1 aliphatic heterocycles. The third kappa shape index (κ3) is 2.92. The molecule has 0 bridgehead atoms. The van der Waals surface area contributed by atoms with E-state index in [4.69, 9.17) is 0 Å². The van der Waals surface area contributed by atoms with Crippen molar-refractivity contribution in [3.63, 3.8) is 0 Å². The van der Waals surface area contributed by atoms with Crippen LogP contribution in [-0.2, 0) is 11.3 Å². The second kappa shape index (κ2) is 6.49. The normalized spacial score (nSPS) is 27.8. The summed E-state index contributed by atoms with van der Waals surface area (Å²) in [6, 6.07) is 9.87. The SMILES string of the molecule is O=C(Cn1cccn1)N1C[C@H]2C[C@@H](n3cnc4ccccc43)[C@H](O)C[C@H]2C1. The predicted octanol–water partition coefficient (Wildman–Crippen LogP) is 1.70. The summed E-state index contributed by atoms with van der Waals surface area (Å²) in [6.07, 6.45) is 6.53. The fourth-order valence-electron chi connectivity index (χ4n) is 4.79. The van der Waals surface area contributed by atoms with Gasteiger partial charge >= 0.3 is 0 Å². The third-order valence-electron chi connectivity index (χ3n) is 6.16. The Balaban J connectivity index is 1.32. The summed E-state index contributed by atoms with van der Waals surface area (Å²) in [5.74, 6) is 0.890. The van der Waals surface area contributed by atoms with Crippen LogP contribution in [0.4, 0.5) is 0 Å². The number of fused-ring (bicyclic) bond motifs is 2. The molecule has 3 heterocycles. The molecule has 1 aromatic carbocycles. The predicted molar refractivity (Wildman–Crippen MR) is 99.8 cm³/mol. The first-order valence-electron chi connectivity index (χ1n) is 9.54. The van der Waals surface area contributed by atoms with Gasteiger partial charge in [0.1, 0.15) is 6.54 Å². The molecular formula is C20H23N5O2. The monoisotopic (exact) mass is 365 g/mol. The number of hydrogen-bond donors (Lipinski definition) is 1. The molecule has 4 atom stereocenters. The number of amides is 1. The van der Waals surface area contributed by atoms with Crippen molar-refractivity contribution in [3.05, 3.63) is 49.1 Å². The fourth-order valence-corrected chi connectivity index (χ4v) is 4.79. The van der Waals surface area contributed by atoms with Gasteiger partial charge in [0.25, 0.3) is 0 Å². The molecule has 0 spiro atoms. The average molecular weight is 365 g/mol. The minimum atomic E-state index is -0.412. The highest BCUT2D eigenvalue weighted by Gasteiger charge is 2.43. The maximum Gasteiger partial charge on any atom is 0.244 e. The van der Waals surface area contributed by atoms with Crippen molar-refractivity contribution in [2.24, 2.45) is 11.8 Å². The summed E-state index contributed by atoms with van der Waals surface area (Å²) < 4.78 is 3.78. The lowest BCUT2D eigenvalue weighted by molar-refractivity contribution is -0.131. The zero-order valence-electron chi connectivity index (χ0n) is 15.1. The summed E-state index contributed by atoms with van der Waals surface area (Å²) in [5.41, 5.74) is 2.01. The average Bonchev–Trinajstić information content (AvgIpc) is 3.40. The van der Waals surface area contributed by atoms with Crippen LogP contribution in [0.15, 0.2) is 49.1 Å². The molecule has 1 amide bonds. The lowest BCUT2D eigenvalue weighted by Gasteiger charge is -2.36. The molecule has 1 N–H and O–H groups in total. The Morgan fingerprint density at radius 2 is 1.96 bits per heavy atom. The number of likely N-dealkylation sites (tertiary alicyclic amines) is 1. The van der Waals surface area contributed by atoms with Crippen molar-refractivity contribution in [3.8, 4) is 0 Å². The molecule has 2 aromatic heterocycles. The van der Waals surface area contributed by atoms with Gasteiger partial charge < -0.3 is 14.6 Å². The number of benzene rings is 1. The topological polar surface area (TPSA) is 76.2 Å². The van der Waals surface area contributed by atoms with E-state index in [2.05, 4.69) is 20.7 Å².